The smallest absolute Gasteiger partial charge is 0.316 e. The van der Waals surface area contributed by atoms with Crippen LogP contribution >= 0.6 is 35.7 Å². The van der Waals surface area contributed by atoms with Gasteiger partial charge in [0.2, 0.25) is 0 Å². The zero-order valence-corrected chi connectivity index (χ0v) is 40.7. The highest BCUT2D eigenvalue weighted by Gasteiger charge is 2.25. The fourth-order valence-electron chi connectivity index (χ4n) is 9.28. The van der Waals surface area contributed by atoms with Crippen molar-refractivity contribution in [2.75, 3.05) is 18.1 Å². The standard InChI is InChI=1S/C18H22FN3O2S.C16H18FN3O2S.C14H16FN3S/c1-3-24-17(23)11-25-18-21-20-16(10-19)22(18)15-9-8-12(2)13-6-4-5-7-14(13)15;1-10-6-7-13(12-5-3-2-4-11(10)12)20-14(8-17)18-19-16(20)23-9-15(21)22;1-9-6-7-12(11-5-3-2-4-10(9)11)18-13(8-15)16-17-14(18)19/h8-9H,3-7,10-11H2,1-2H3;6-7H,2-5,8-9H2,1H3,(H,21,22);6-7H,2-5,8H2,1H3,(H,17,19). The summed E-state index contributed by atoms with van der Waals surface area (Å²) in [5.41, 5.74) is 14.5. The van der Waals surface area contributed by atoms with Crippen LogP contribution in [-0.2, 0) is 72.9 Å². The Morgan fingerprint density at radius 1 is 0.612 bits per heavy atom. The van der Waals surface area contributed by atoms with Gasteiger partial charge in [-0.1, -0.05) is 41.7 Å². The number of rotatable bonds is 13. The van der Waals surface area contributed by atoms with Gasteiger partial charge in [0.05, 0.1) is 35.2 Å². The second-order valence-electron chi connectivity index (χ2n) is 16.6. The molecule has 13 nitrogen and oxygen atoms in total. The monoisotopic (exact) mass is 975 g/mol. The lowest BCUT2D eigenvalue weighted by Gasteiger charge is -2.23. The number of hydrogen-bond donors (Lipinski definition) is 2. The summed E-state index contributed by atoms with van der Waals surface area (Å²) in [6.07, 6.45) is 13.1. The molecule has 0 unspecified atom stereocenters. The molecule has 2 N–H and O–H groups in total. The van der Waals surface area contributed by atoms with Crippen molar-refractivity contribution >= 4 is 47.7 Å². The number of carboxylic acid groups (broad SMARTS) is 1. The fraction of sp³-hybridized carbons (Fsp3) is 0.458. The number of aryl methyl sites for hydroxylation is 3. The van der Waals surface area contributed by atoms with E-state index in [-0.39, 0.29) is 29.1 Å². The Kier molecular flexibility index (Phi) is 17.2. The first-order chi connectivity index (χ1) is 32.5. The summed E-state index contributed by atoms with van der Waals surface area (Å²) < 4.78 is 50.5. The summed E-state index contributed by atoms with van der Waals surface area (Å²) in [6, 6.07) is 12.2. The second-order valence-corrected chi connectivity index (χ2v) is 18.9. The van der Waals surface area contributed by atoms with E-state index in [9.17, 15) is 22.8 Å². The molecule has 3 aromatic heterocycles. The molecule has 0 spiro atoms. The van der Waals surface area contributed by atoms with Crippen molar-refractivity contribution < 1.29 is 32.6 Å². The molecule has 3 aromatic carbocycles. The number of carbonyl (C=O) groups is 2. The van der Waals surface area contributed by atoms with Crippen molar-refractivity contribution in [3.05, 3.63) is 109 Å². The molecular weight excluding hydrogens is 920 g/mol. The molecule has 0 atom stereocenters. The van der Waals surface area contributed by atoms with Gasteiger partial charge < -0.3 is 9.84 Å². The summed E-state index contributed by atoms with van der Waals surface area (Å²) in [5, 5.41) is 32.4. The number of hydrogen-bond acceptors (Lipinski definition) is 11. The van der Waals surface area contributed by atoms with E-state index in [1.54, 1.807) is 20.6 Å². The van der Waals surface area contributed by atoms with E-state index in [0.717, 1.165) is 86.6 Å². The number of carbonyl (C=O) groups excluding carboxylic acids is 1. The number of nitrogens with zero attached hydrogens (tertiary/aromatic N) is 8. The number of H-pyrrole nitrogens is 1. The molecule has 0 radical (unpaired) electrons. The normalized spacial score (nSPS) is 13.9. The largest absolute Gasteiger partial charge is 0.481 e. The minimum Gasteiger partial charge on any atom is -0.481 e. The van der Waals surface area contributed by atoms with Crippen molar-refractivity contribution in [2.24, 2.45) is 0 Å². The van der Waals surface area contributed by atoms with Crippen LogP contribution in [-0.4, -0.2) is 79.5 Å². The van der Waals surface area contributed by atoms with Crippen LogP contribution in [0.1, 0.15) is 113 Å². The minimum atomic E-state index is -0.933. The van der Waals surface area contributed by atoms with Gasteiger partial charge in [0.15, 0.2) is 32.6 Å². The Labute approximate surface area is 401 Å². The van der Waals surface area contributed by atoms with Crippen LogP contribution in [0.15, 0.2) is 46.7 Å². The first kappa shape index (κ1) is 49.6. The van der Waals surface area contributed by atoms with Crippen LogP contribution in [0.2, 0.25) is 0 Å². The maximum atomic E-state index is 13.5. The highest BCUT2D eigenvalue weighted by Crippen LogP contribution is 2.35. The lowest BCUT2D eigenvalue weighted by Crippen LogP contribution is -2.13. The Balaban J connectivity index is 0.000000150. The van der Waals surface area contributed by atoms with Crippen LogP contribution in [0.25, 0.3) is 17.1 Å². The van der Waals surface area contributed by atoms with Crippen molar-refractivity contribution in [2.45, 2.75) is 135 Å². The molecule has 0 saturated carbocycles. The van der Waals surface area contributed by atoms with Crippen molar-refractivity contribution in [3.63, 3.8) is 0 Å². The van der Waals surface area contributed by atoms with E-state index in [0.29, 0.717) is 27.5 Å². The third-order valence-corrected chi connectivity index (χ3v) is 14.5. The van der Waals surface area contributed by atoms with Gasteiger partial charge in [0, 0.05) is 0 Å². The van der Waals surface area contributed by atoms with Gasteiger partial charge in [-0.25, -0.2) is 13.2 Å². The highest BCUT2D eigenvalue weighted by molar-refractivity contribution is 8.00. The van der Waals surface area contributed by atoms with E-state index in [4.69, 9.17) is 22.1 Å². The molecule has 67 heavy (non-hydrogen) atoms. The van der Waals surface area contributed by atoms with Crippen LogP contribution in [0.3, 0.4) is 0 Å². The van der Waals surface area contributed by atoms with E-state index < -0.39 is 26.0 Å². The molecule has 9 rings (SSSR count). The molecule has 0 bridgehead atoms. The number of carboxylic acids is 1. The number of aromatic amines is 1. The number of aliphatic carboxylic acids is 1. The predicted octanol–water partition coefficient (Wildman–Crippen LogP) is 10.3. The fourth-order valence-corrected chi connectivity index (χ4v) is 11.0. The average Bonchev–Trinajstić information content (AvgIpc) is 4.07. The van der Waals surface area contributed by atoms with Crippen LogP contribution in [0.5, 0.6) is 0 Å². The van der Waals surface area contributed by atoms with Crippen LogP contribution < -0.4 is 0 Å². The summed E-state index contributed by atoms with van der Waals surface area (Å²) in [6.45, 7) is 6.41. The predicted molar refractivity (Wildman–Crippen MR) is 256 cm³/mol. The quantitative estimate of drug-likeness (QED) is 0.0642. The maximum Gasteiger partial charge on any atom is 0.316 e. The van der Waals surface area contributed by atoms with Crippen LogP contribution in [0.4, 0.5) is 13.2 Å². The summed E-state index contributed by atoms with van der Waals surface area (Å²) in [7, 11) is 0. The minimum absolute atomic E-state index is 0.127. The number of alkyl halides is 3. The summed E-state index contributed by atoms with van der Waals surface area (Å²) in [5.74, 6) is -0.406. The molecule has 19 heteroatoms. The van der Waals surface area contributed by atoms with Crippen molar-refractivity contribution in [1.82, 2.24) is 44.3 Å². The van der Waals surface area contributed by atoms with Gasteiger partial charge in [-0.15, -0.1) is 20.4 Å². The van der Waals surface area contributed by atoms with Crippen molar-refractivity contribution in [1.29, 1.82) is 0 Å². The maximum absolute atomic E-state index is 13.5. The molecule has 6 aromatic rings. The van der Waals surface area contributed by atoms with Gasteiger partial charge in [-0.05, 0) is 185 Å². The Morgan fingerprint density at radius 3 is 1.39 bits per heavy atom. The highest BCUT2D eigenvalue weighted by atomic mass is 32.2. The van der Waals surface area contributed by atoms with Gasteiger partial charge in [-0.3, -0.25) is 28.4 Å². The molecule has 356 valence electrons. The Hall–Kier alpha value is -5.27. The molecule has 0 fully saturated rings. The molecule has 3 heterocycles. The molecule has 3 aliphatic carbocycles. The molecular formula is C48H56F3N9O4S3. The summed E-state index contributed by atoms with van der Waals surface area (Å²) in [4.78, 5) is 22.5. The number of benzene rings is 3. The SMILES string of the molecule is CCOC(=O)CSc1nnc(CF)n1-c1ccc(C)c2c1CCCC2.Cc1ccc(-n2c(CF)n[nH]c2=S)c2c1CCCC2.Cc1ccc(-n2c(CF)nnc2SCC(=O)O)c2c1CCCC2. The number of halogens is 3. The number of fused-ring (bicyclic) bond motifs is 3. The van der Waals surface area contributed by atoms with E-state index >= 15 is 0 Å². The number of esters is 1. The van der Waals surface area contributed by atoms with Crippen LogP contribution in [0, 0.1) is 25.5 Å². The topological polar surface area (TPSA) is 159 Å². The van der Waals surface area contributed by atoms with Gasteiger partial charge in [0.25, 0.3) is 0 Å². The number of aromatic nitrogens is 9. The zero-order valence-electron chi connectivity index (χ0n) is 38.3. The molecule has 0 saturated heterocycles. The summed E-state index contributed by atoms with van der Waals surface area (Å²) >= 11 is 7.53. The van der Waals surface area contributed by atoms with E-state index in [1.807, 2.05) is 24.3 Å². The third kappa shape index (κ3) is 11.2. The Bertz CT molecular complexity index is 2790. The number of nitrogens with one attached hydrogen (secondary N) is 1. The van der Waals surface area contributed by atoms with Gasteiger partial charge in [-0.2, -0.15) is 5.10 Å². The third-order valence-electron chi connectivity index (χ3n) is 12.4. The van der Waals surface area contributed by atoms with Gasteiger partial charge >= 0.3 is 11.9 Å². The molecule has 3 aliphatic rings. The van der Waals surface area contributed by atoms with Crippen molar-refractivity contribution in [3.8, 4) is 17.1 Å². The van der Waals surface area contributed by atoms with Gasteiger partial charge in [0.1, 0.15) is 20.0 Å². The average molecular weight is 976 g/mol. The van der Waals surface area contributed by atoms with E-state index in [1.165, 1.54) is 81.1 Å². The zero-order chi connectivity index (χ0) is 47.6. The number of thioether (sulfide) groups is 2. The molecule has 0 aliphatic heterocycles. The lowest BCUT2D eigenvalue weighted by molar-refractivity contribution is -0.140. The number of ether oxygens (including phenoxy) is 1. The first-order valence-corrected chi connectivity index (χ1v) is 25.1. The molecule has 0 amide bonds. The van der Waals surface area contributed by atoms with E-state index in [2.05, 4.69) is 63.5 Å². The lowest BCUT2D eigenvalue weighted by atomic mass is 9.87. The first-order valence-electron chi connectivity index (χ1n) is 22.7. The second kappa shape index (κ2) is 23.2. The Morgan fingerprint density at radius 2 is 1.00 bits per heavy atom.